The van der Waals surface area contributed by atoms with Crippen molar-refractivity contribution in [1.29, 1.82) is 0 Å². The molecule has 2 aromatic rings. The second-order valence-corrected chi connectivity index (χ2v) is 9.35. The first-order chi connectivity index (χ1) is 16.6. The molecule has 0 bridgehead atoms. The number of benzene rings is 2. The van der Waals surface area contributed by atoms with Gasteiger partial charge in [-0.1, -0.05) is 26.0 Å². The van der Waals surface area contributed by atoms with Gasteiger partial charge in [-0.3, -0.25) is 9.69 Å². The molecule has 2 aromatic carbocycles. The fourth-order valence-electron chi connectivity index (χ4n) is 4.75. The predicted octanol–water partition coefficient (Wildman–Crippen LogP) is 2.82. The van der Waals surface area contributed by atoms with Crippen molar-refractivity contribution in [2.24, 2.45) is 5.92 Å². The number of hydrogen-bond acceptors (Lipinski definition) is 7. The number of amides is 1. The molecule has 8 heteroatoms. The Hall–Kier alpha value is -2.97. The van der Waals surface area contributed by atoms with Crippen LogP contribution in [0.25, 0.3) is 0 Å². The van der Waals surface area contributed by atoms with Crippen molar-refractivity contribution in [2.45, 2.75) is 26.4 Å². The second-order valence-electron chi connectivity index (χ2n) is 9.35. The van der Waals surface area contributed by atoms with Gasteiger partial charge in [0.25, 0.3) is 0 Å². The number of carbonyl (C=O) groups is 1. The summed E-state index contributed by atoms with van der Waals surface area (Å²) in [5, 5.41) is 3.49. The summed E-state index contributed by atoms with van der Waals surface area (Å²) in [6.07, 6.45) is 0. The molecule has 34 heavy (non-hydrogen) atoms. The SMILES string of the molecule is CC(C)C(NCC(=O)N1CCN(Cc2ccc3c(c2)OCO3)CC1)c1ccc2c(c1)OCCO2. The molecule has 3 aliphatic heterocycles. The van der Waals surface area contributed by atoms with Crippen LogP contribution in [-0.2, 0) is 11.3 Å². The summed E-state index contributed by atoms with van der Waals surface area (Å²) in [6.45, 7) is 10.1. The zero-order valence-electron chi connectivity index (χ0n) is 19.9. The van der Waals surface area contributed by atoms with E-state index in [1.165, 1.54) is 5.56 Å². The molecular formula is C26H33N3O5. The first kappa shape index (κ1) is 22.8. The number of rotatable bonds is 7. The molecule has 3 heterocycles. The minimum atomic E-state index is 0.0621. The first-order valence-electron chi connectivity index (χ1n) is 12.1. The van der Waals surface area contributed by atoms with Crippen LogP contribution in [0.4, 0.5) is 0 Å². The molecule has 8 nitrogen and oxygen atoms in total. The quantitative estimate of drug-likeness (QED) is 0.671. The second kappa shape index (κ2) is 10.1. The Morgan fingerprint density at radius 1 is 0.882 bits per heavy atom. The van der Waals surface area contributed by atoms with Crippen LogP contribution < -0.4 is 24.3 Å². The van der Waals surface area contributed by atoms with Crippen LogP contribution in [0.3, 0.4) is 0 Å². The van der Waals surface area contributed by atoms with Crippen molar-refractivity contribution >= 4 is 5.91 Å². The summed E-state index contributed by atoms with van der Waals surface area (Å²) in [5.41, 5.74) is 2.31. The zero-order chi connectivity index (χ0) is 23.5. The Morgan fingerprint density at radius 3 is 2.35 bits per heavy atom. The van der Waals surface area contributed by atoms with Crippen LogP contribution in [-0.4, -0.2) is 68.4 Å². The van der Waals surface area contributed by atoms with Crippen molar-refractivity contribution in [3.8, 4) is 23.0 Å². The topological polar surface area (TPSA) is 72.5 Å². The van der Waals surface area contributed by atoms with Crippen LogP contribution in [0.2, 0.25) is 0 Å². The maximum atomic E-state index is 13.0. The Bertz CT molecular complexity index is 1020. The molecule has 1 amide bonds. The maximum Gasteiger partial charge on any atom is 0.236 e. The van der Waals surface area contributed by atoms with E-state index in [0.29, 0.717) is 32.5 Å². The fourth-order valence-corrected chi connectivity index (χ4v) is 4.75. The average Bonchev–Trinajstić information content (AvgIpc) is 3.32. The predicted molar refractivity (Wildman–Crippen MR) is 127 cm³/mol. The molecule has 1 atom stereocenters. The molecule has 0 aliphatic carbocycles. The summed E-state index contributed by atoms with van der Waals surface area (Å²) in [4.78, 5) is 17.3. The lowest BCUT2D eigenvalue weighted by atomic mass is 9.95. The molecule has 1 saturated heterocycles. The third-order valence-electron chi connectivity index (χ3n) is 6.63. The maximum absolute atomic E-state index is 13.0. The van der Waals surface area contributed by atoms with Crippen molar-refractivity contribution in [3.63, 3.8) is 0 Å². The highest BCUT2D eigenvalue weighted by molar-refractivity contribution is 5.78. The lowest BCUT2D eigenvalue weighted by molar-refractivity contribution is -0.132. The van der Waals surface area contributed by atoms with E-state index in [2.05, 4.69) is 36.2 Å². The molecule has 1 fully saturated rings. The first-order valence-corrected chi connectivity index (χ1v) is 12.1. The lowest BCUT2D eigenvalue weighted by Crippen LogP contribution is -2.50. The highest BCUT2D eigenvalue weighted by atomic mass is 16.7. The third-order valence-corrected chi connectivity index (χ3v) is 6.63. The van der Waals surface area contributed by atoms with Gasteiger partial charge in [-0.25, -0.2) is 0 Å². The minimum absolute atomic E-state index is 0.0621. The molecule has 0 saturated carbocycles. The number of carbonyl (C=O) groups excluding carboxylic acids is 1. The number of fused-ring (bicyclic) bond motifs is 2. The van der Waals surface area contributed by atoms with E-state index in [4.69, 9.17) is 18.9 Å². The van der Waals surface area contributed by atoms with E-state index < -0.39 is 0 Å². The van der Waals surface area contributed by atoms with Gasteiger partial charge in [-0.15, -0.1) is 0 Å². The summed E-state index contributed by atoms with van der Waals surface area (Å²) in [6, 6.07) is 12.2. The van der Waals surface area contributed by atoms with Crippen LogP contribution in [0.1, 0.15) is 31.0 Å². The van der Waals surface area contributed by atoms with Gasteiger partial charge in [0.2, 0.25) is 12.7 Å². The molecule has 5 rings (SSSR count). The Morgan fingerprint density at radius 2 is 1.56 bits per heavy atom. The van der Waals surface area contributed by atoms with E-state index in [1.807, 2.05) is 29.2 Å². The summed E-state index contributed by atoms with van der Waals surface area (Å²) >= 11 is 0. The van der Waals surface area contributed by atoms with Crippen molar-refractivity contribution < 1.29 is 23.7 Å². The average molecular weight is 468 g/mol. The van der Waals surface area contributed by atoms with Gasteiger partial charge < -0.3 is 29.2 Å². The number of hydrogen-bond donors (Lipinski definition) is 1. The Kier molecular flexibility index (Phi) is 6.78. The summed E-state index contributed by atoms with van der Waals surface area (Å²) < 4.78 is 22.3. The number of piperazine rings is 1. The normalized spacial score (nSPS) is 18.3. The molecule has 3 aliphatic rings. The lowest BCUT2D eigenvalue weighted by Gasteiger charge is -2.35. The van der Waals surface area contributed by atoms with E-state index >= 15 is 0 Å². The van der Waals surface area contributed by atoms with E-state index in [-0.39, 0.29) is 11.9 Å². The Labute approximate surface area is 200 Å². The van der Waals surface area contributed by atoms with Crippen LogP contribution in [0.5, 0.6) is 23.0 Å². The van der Waals surface area contributed by atoms with Gasteiger partial charge in [0.1, 0.15) is 13.2 Å². The number of ether oxygens (including phenoxy) is 4. The van der Waals surface area contributed by atoms with E-state index in [1.54, 1.807) is 0 Å². The van der Waals surface area contributed by atoms with Crippen molar-refractivity contribution in [1.82, 2.24) is 15.1 Å². The third kappa shape index (κ3) is 5.08. The largest absolute Gasteiger partial charge is 0.486 e. The highest BCUT2D eigenvalue weighted by Crippen LogP contribution is 2.35. The number of nitrogens with zero attached hydrogens (tertiary/aromatic N) is 2. The zero-order valence-corrected chi connectivity index (χ0v) is 19.9. The van der Waals surface area contributed by atoms with Gasteiger partial charge in [-0.2, -0.15) is 0 Å². The fraction of sp³-hybridized carbons (Fsp3) is 0.500. The highest BCUT2D eigenvalue weighted by Gasteiger charge is 2.24. The van der Waals surface area contributed by atoms with Crippen molar-refractivity contribution in [3.05, 3.63) is 47.5 Å². The van der Waals surface area contributed by atoms with Gasteiger partial charge in [-0.05, 0) is 41.3 Å². The van der Waals surface area contributed by atoms with Crippen LogP contribution in [0, 0.1) is 5.92 Å². The molecule has 0 spiro atoms. The van der Waals surface area contributed by atoms with Gasteiger partial charge in [0.05, 0.1) is 6.54 Å². The van der Waals surface area contributed by atoms with Gasteiger partial charge in [0.15, 0.2) is 23.0 Å². The Balaban J connectivity index is 1.12. The summed E-state index contributed by atoms with van der Waals surface area (Å²) in [5.74, 6) is 3.66. The monoisotopic (exact) mass is 467 g/mol. The molecule has 0 aromatic heterocycles. The number of nitrogens with one attached hydrogen (secondary N) is 1. The molecule has 0 radical (unpaired) electrons. The molecular weight excluding hydrogens is 434 g/mol. The van der Waals surface area contributed by atoms with Gasteiger partial charge >= 0.3 is 0 Å². The van der Waals surface area contributed by atoms with E-state index in [9.17, 15) is 4.79 Å². The van der Waals surface area contributed by atoms with E-state index in [0.717, 1.165) is 61.3 Å². The standard InChI is InChI=1S/C26H33N3O5/c1-18(2)26(20-4-6-21-24(14-20)32-12-11-31-21)27-15-25(30)29-9-7-28(8-10-29)16-19-3-5-22-23(13-19)34-17-33-22/h3-6,13-14,18,26-27H,7-12,15-17H2,1-2H3. The minimum Gasteiger partial charge on any atom is -0.486 e. The molecule has 1 unspecified atom stereocenters. The molecule has 1 N–H and O–H groups in total. The van der Waals surface area contributed by atoms with Crippen LogP contribution >= 0.6 is 0 Å². The molecule has 182 valence electrons. The van der Waals surface area contributed by atoms with Crippen LogP contribution in [0.15, 0.2) is 36.4 Å². The smallest absolute Gasteiger partial charge is 0.236 e. The van der Waals surface area contributed by atoms with Crippen molar-refractivity contribution in [2.75, 3.05) is 52.7 Å². The summed E-state index contributed by atoms with van der Waals surface area (Å²) in [7, 11) is 0. The van der Waals surface area contributed by atoms with Gasteiger partial charge in [0, 0.05) is 38.8 Å².